The molecule has 4 atom stereocenters. The molecule has 0 aliphatic carbocycles. The summed E-state index contributed by atoms with van der Waals surface area (Å²) in [6, 6.07) is -3.90. The fraction of sp³-hybridized carbons (Fsp3) is 0.700. The number of primary amides is 1. The molecule has 0 aromatic heterocycles. The molecule has 1 unspecified atom stereocenters. The molecule has 1 aliphatic heterocycles. The normalized spacial score (nSPS) is 18.0. The molecular formula is C20H33N5O7S. The fourth-order valence-corrected chi connectivity index (χ4v) is 3.97. The van der Waals surface area contributed by atoms with Gasteiger partial charge >= 0.3 is 5.97 Å². The summed E-state index contributed by atoms with van der Waals surface area (Å²) in [5.41, 5.74) is 5.40. The summed E-state index contributed by atoms with van der Waals surface area (Å²) in [7, 11) is 0. The molecule has 13 heteroatoms. The van der Waals surface area contributed by atoms with Crippen LogP contribution in [0.1, 0.15) is 46.0 Å². The molecule has 0 saturated carbocycles. The highest BCUT2D eigenvalue weighted by atomic mass is 32.2. The zero-order valence-electron chi connectivity index (χ0n) is 19.1. The van der Waals surface area contributed by atoms with Crippen molar-refractivity contribution in [2.24, 2.45) is 5.73 Å². The summed E-state index contributed by atoms with van der Waals surface area (Å²) >= 11 is 1.47. The Kier molecular flexibility index (Phi) is 11.7. The van der Waals surface area contributed by atoms with Crippen LogP contribution in [-0.2, 0) is 28.8 Å². The van der Waals surface area contributed by atoms with Gasteiger partial charge in [-0.2, -0.15) is 11.8 Å². The highest BCUT2D eigenvalue weighted by Gasteiger charge is 2.37. The number of nitrogens with zero attached hydrogens (tertiary/aromatic N) is 1. The number of carbonyl (C=O) groups excluding carboxylic acids is 5. The minimum absolute atomic E-state index is 0.212. The van der Waals surface area contributed by atoms with E-state index >= 15 is 0 Å². The van der Waals surface area contributed by atoms with Crippen LogP contribution in [0, 0.1) is 0 Å². The number of nitrogens with one attached hydrogen (secondary N) is 3. The third kappa shape index (κ3) is 9.28. The van der Waals surface area contributed by atoms with E-state index in [1.54, 1.807) is 0 Å². The summed E-state index contributed by atoms with van der Waals surface area (Å²) in [5, 5.41) is 16.4. The number of hydrogen-bond acceptors (Lipinski definition) is 7. The summed E-state index contributed by atoms with van der Waals surface area (Å²) in [5.74, 6) is -3.53. The predicted octanol–water partition coefficient (Wildman–Crippen LogP) is -1.43. The first kappa shape index (κ1) is 28.2. The standard InChI is InChI=1S/C20H33N5O7S/c1-11(22-12(2)26)18(30)23-13(6-7-16(27)28)19(31)24-14(8-10-33-3)20(32)25-9-4-5-15(25)17(21)29/h11,13-15H,4-10H2,1-3H3,(H2,21,29)(H,22,26)(H,23,30)(H,24,31)(H,27,28)/t11-,13-,14-,15?/m0/s1. The van der Waals surface area contributed by atoms with Crippen molar-refractivity contribution >= 4 is 47.3 Å². The Morgan fingerprint density at radius 2 is 1.70 bits per heavy atom. The predicted molar refractivity (Wildman–Crippen MR) is 121 cm³/mol. The quantitative estimate of drug-likeness (QED) is 0.209. The molecule has 12 nitrogen and oxygen atoms in total. The molecule has 0 spiro atoms. The smallest absolute Gasteiger partial charge is 0.303 e. The van der Waals surface area contributed by atoms with Crippen molar-refractivity contribution in [3.05, 3.63) is 0 Å². The summed E-state index contributed by atoms with van der Waals surface area (Å²) in [6.07, 6.45) is 2.56. The van der Waals surface area contributed by atoms with Crippen LogP contribution in [0.25, 0.3) is 0 Å². The third-order valence-corrected chi connectivity index (χ3v) is 5.83. The summed E-state index contributed by atoms with van der Waals surface area (Å²) in [6.45, 7) is 2.99. The molecule has 1 heterocycles. The van der Waals surface area contributed by atoms with Gasteiger partial charge in [0.2, 0.25) is 29.5 Å². The van der Waals surface area contributed by atoms with Gasteiger partial charge in [-0.25, -0.2) is 0 Å². The van der Waals surface area contributed by atoms with Gasteiger partial charge in [-0.05, 0) is 44.6 Å². The minimum Gasteiger partial charge on any atom is -0.481 e. The second-order valence-electron chi connectivity index (χ2n) is 7.85. The van der Waals surface area contributed by atoms with E-state index in [-0.39, 0.29) is 12.8 Å². The second kappa shape index (κ2) is 13.7. The number of likely N-dealkylation sites (tertiary alicyclic amines) is 1. The van der Waals surface area contributed by atoms with Gasteiger partial charge in [-0.15, -0.1) is 0 Å². The van der Waals surface area contributed by atoms with E-state index in [0.29, 0.717) is 25.1 Å². The monoisotopic (exact) mass is 487 g/mol. The first-order chi connectivity index (χ1) is 15.5. The van der Waals surface area contributed by atoms with Crippen LogP contribution in [0.4, 0.5) is 0 Å². The van der Waals surface area contributed by atoms with Crippen molar-refractivity contribution in [3.63, 3.8) is 0 Å². The first-order valence-electron chi connectivity index (χ1n) is 10.7. The summed E-state index contributed by atoms with van der Waals surface area (Å²) < 4.78 is 0. The zero-order valence-corrected chi connectivity index (χ0v) is 19.9. The van der Waals surface area contributed by atoms with E-state index in [9.17, 15) is 28.8 Å². The molecule has 1 aliphatic rings. The van der Waals surface area contributed by atoms with E-state index in [0.717, 1.165) is 0 Å². The lowest BCUT2D eigenvalue weighted by atomic mass is 10.1. The van der Waals surface area contributed by atoms with Gasteiger partial charge in [0.25, 0.3) is 0 Å². The van der Waals surface area contributed by atoms with Crippen LogP contribution in [0.3, 0.4) is 0 Å². The maximum Gasteiger partial charge on any atom is 0.303 e. The molecule has 1 fully saturated rings. The molecule has 0 aromatic rings. The summed E-state index contributed by atoms with van der Waals surface area (Å²) in [4.78, 5) is 73.7. The van der Waals surface area contributed by atoms with Crippen LogP contribution in [0.5, 0.6) is 0 Å². The number of nitrogens with two attached hydrogens (primary N) is 1. The first-order valence-corrected chi connectivity index (χ1v) is 12.1. The Labute approximate surface area is 196 Å². The maximum absolute atomic E-state index is 13.1. The molecule has 0 aromatic carbocycles. The number of carbonyl (C=O) groups is 6. The average Bonchev–Trinajstić information content (AvgIpc) is 3.22. The van der Waals surface area contributed by atoms with Gasteiger partial charge in [0.05, 0.1) is 0 Å². The Morgan fingerprint density at radius 3 is 2.24 bits per heavy atom. The third-order valence-electron chi connectivity index (χ3n) is 5.18. The lowest BCUT2D eigenvalue weighted by Crippen LogP contribution is -2.57. The molecule has 6 N–H and O–H groups in total. The van der Waals surface area contributed by atoms with Crippen molar-refractivity contribution in [1.29, 1.82) is 0 Å². The van der Waals surface area contributed by atoms with Crippen molar-refractivity contribution in [1.82, 2.24) is 20.9 Å². The molecule has 1 rings (SSSR count). The Morgan fingerprint density at radius 1 is 1.06 bits per heavy atom. The van der Waals surface area contributed by atoms with Gasteiger partial charge in [0.1, 0.15) is 24.2 Å². The largest absolute Gasteiger partial charge is 0.481 e. The number of thioether (sulfide) groups is 1. The van der Waals surface area contributed by atoms with Crippen LogP contribution in [0.15, 0.2) is 0 Å². The van der Waals surface area contributed by atoms with Gasteiger partial charge in [-0.1, -0.05) is 0 Å². The number of carboxylic acids is 1. The molecule has 5 amide bonds. The highest BCUT2D eigenvalue weighted by Crippen LogP contribution is 2.19. The molecular weight excluding hydrogens is 454 g/mol. The number of carboxylic acid groups (broad SMARTS) is 1. The average molecular weight is 488 g/mol. The molecule has 33 heavy (non-hydrogen) atoms. The van der Waals surface area contributed by atoms with E-state index in [1.807, 2.05) is 6.26 Å². The highest BCUT2D eigenvalue weighted by molar-refractivity contribution is 7.98. The topological polar surface area (TPSA) is 188 Å². The molecule has 0 radical (unpaired) electrons. The maximum atomic E-state index is 13.1. The Balaban J connectivity index is 2.99. The molecule has 1 saturated heterocycles. The van der Waals surface area contributed by atoms with Gasteiger partial charge in [-0.3, -0.25) is 28.8 Å². The van der Waals surface area contributed by atoms with Crippen LogP contribution in [-0.4, -0.2) is 88.2 Å². The molecule has 0 bridgehead atoms. The van der Waals surface area contributed by atoms with Crippen molar-refractivity contribution in [2.75, 3.05) is 18.6 Å². The lowest BCUT2D eigenvalue weighted by molar-refractivity contribution is -0.141. The Bertz CT molecular complexity index is 763. The second-order valence-corrected chi connectivity index (χ2v) is 8.84. The fourth-order valence-electron chi connectivity index (χ4n) is 3.50. The number of aliphatic carboxylic acids is 1. The van der Waals surface area contributed by atoms with Gasteiger partial charge in [0, 0.05) is 19.9 Å². The van der Waals surface area contributed by atoms with E-state index in [1.165, 1.54) is 30.5 Å². The van der Waals surface area contributed by atoms with Crippen molar-refractivity contribution < 1.29 is 33.9 Å². The Hall–Kier alpha value is -2.83. The van der Waals surface area contributed by atoms with Crippen LogP contribution in [0.2, 0.25) is 0 Å². The van der Waals surface area contributed by atoms with E-state index in [2.05, 4.69) is 16.0 Å². The SMILES string of the molecule is CSCC[C@H](NC(=O)[C@H](CCC(=O)O)NC(=O)[C@H](C)NC(C)=O)C(=O)N1CCCC1C(N)=O. The number of amides is 5. The minimum atomic E-state index is -1.24. The van der Waals surface area contributed by atoms with Crippen molar-refractivity contribution in [2.45, 2.75) is 70.1 Å². The van der Waals surface area contributed by atoms with Gasteiger partial charge in [0.15, 0.2) is 0 Å². The van der Waals surface area contributed by atoms with Crippen LogP contribution < -0.4 is 21.7 Å². The van der Waals surface area contributed by atoms with Gasteiger partial charge < -0.3 is 31.7 Å². The van der Waals surface area contributed by atoms with E-state index < -0.39 is 66.1 Å². The lowest BCUT2D eigenvalue weighted by Gasteiger charge is -2.29. The molecule has 186 valence electrons. The van der Waals surface area contributed by atoms with Crippen molar-refractivity contribution in [3.8, 4) is 0 Å². The van der Waals surface area contributed by atoms with E-state index in [4.69, 9.17) is 10.8 Å². The number of hydrogen-bond donors (Lipinski definition) is 5. The zero-order chi connectivity index (χ0) is 25.1. The van der Waals surface area contributed by atoms with Crippen LogP contribution >= 0.6 is 11.8 Å². The number of rotatable bonds is 13.